The fraction of sp³-hybridized carbons (Fsp3) is 0.100. The van der Waals surface area contributed by atoms with Crippen molar-refractivity contribution in [3.05, 3.63) is 75.1 Å². The van der Waals surface area contributed by atoms with E-state index >= 15 is 0 Å². The Hall–Kier alpha value is -2.77. The molecular formula is C20H15BrClN5O. The molecule has 0 bridgehead atoms. The van der Waals surface area contributed by atoms with Gasteiger partial charge in [-0.15, -0.1) is 10.2 Å². The SMILES string of the molecule is Cc1ccc(NC(=O)c2nnc3c(-c4ccc(Br)cc4)cnn3c2C)cc1Cl. The molecule has 0 atom stereocenters. The number of hydrogen-bond donors (Lipinski definition) is 1. The van der Waals surface area contributed by atoms with Crippen molar-refractivity contribution in [1.82, 2.24) is 19.8 Å². The Morgan fingerprint density at radius 1 is 1.11 bits per heavy atom. The predicted molar refractivity (Wildman–Crippen MR) is 113 cm³/mol. The van der Waals surface area contributed by atoms with Crippen molar-refractivity contribution in [2.24, 2.45) is 0 Å². The molecule has 2 aromatic carbocycles. The fourth-order valence-corrected chi connectivity index (χ4v) is 3.30. The van der Waals surface area contributed by atoms with Crippen LogP contribution in [0.25, 0.3) is 16.8 Å². The zero-order valence-electron chi connectivity index (χ0n) is 15.1. The van der Waals surface area contributed by atoms with Gasteiger partial charge in [0.15, 0.2) is 11.3 Å². The van der Waals surface area contributed by atoms with E-state index in [0.717, 1.165) is 21.2 Å². The molecule has 0 aliphatic rings. The molecule has 0 spiro atoms. The Balaban J connectivity index is 1.69. The summed E-state index contributed by atoms with van der Waals surface area (Å²) >= 11 is 9.56. The van der Waals surface area contributed by atoms with Crippen LogP contribution in [0.3, 0.4) is 0 Å². The molecular weight excluding hydrogens is 442 g/mol. The third kappa shape index (κ3) is 3.39. The minimum absolute atomic E-state index is 0.203. The summed E-state index contributed by atoms with van der Waals surface area (Å²) in [5.74, 6) is -0.368. The number of amides is 1. The molecule has 2 heterocycles. The molecule has 140 valence electrons. The van der Waals surface area contributed by atoms with Crippen LogP contribution >= 0.6 is 27.5 Å². The Kier molecular flexibility index (Phi) is 4.87. The normalized spacial score (nSPS) is 11.0. The number of hydrogen-bond acceptors (Lipinski definition) is 4. The summed E-state index contributed by atoms with van der Waals surface area (Å²) in [6.45, 7) is 3.69. The van der Waals surface area contributed by atoms with Crippen molar-refractivity contribution in [2.45, 2.75) is 13.8 Å². The lowest BCUT2D eigenvalue weighted by molar-refractivity contribution is 0.102. The highest BCUT2D eigenvalue weighted by Gasteiger charge is 2.18. The van der Waals surface area contributed by atoms with Gasteiger partial charge in [-0.25, -0.2) is 4.52 Å². The number of anilines is 1. The highest BCUT2D eigenvalue weighted by Crippen LogP contribution is 2.26. The second-order valence-electron chi connectivity index (χ2n) is 6.35. The minimum Gasteiger partial charge on any atom is -0.320 e. The quantitative estimate of drug-likeness (QED) is 0.467. The molecule has 8 heteroatoms. The number of aryl methyl sites for hydroxylation is 2. The standard InChI is InChI=1S/C20H15BrClN5O/c1-11-3-8-15(9-17(11)22)24-20(28)18-12(2)27-19(26-25-18)16(10-23-27)13-4-6-14(21)7-5-13/h3-10H,1-2H3,(H,24,28). The van der Waals surface area contributed by atoms with E-state index in [1.54, 1.807) is 29.8 Å². The van der Waals surface area contributed by atoms with Gasteiger partial charge in [0, 0.05) is 20.7 Å². The highest BCUT2D eigenvalue weighted by atomic mass is 79.9. The van der Waals surface area contributed by atoms with Gasteiger partial charge in [0.05, 0.1) is 11.9 Å². The highest BCUT2D eigenvalue weighted by molar-refractivity contribution is 9.10. The van der Waals surface area contributed by atoms with Crippen LogP contribution < -0.4 is 5.32 Å². The summed E-state index contributed by atoms with van der Waals surface area (Å²) in [6, 6.07) is 13.2. The lowest BCUT2D eigenvalue weighted by Crippen LogP contribution is -2.18. The number of nitrogens with zero attached hydrogens (tertiary/aromatic N) is 4. The van der Waals surface area contributed by atoms with Crippen LogP contribution in [-0.2, 0) is 0 Å². The van der Waals surface area contributed by atoms with Crippen LogP contribution in [0.5, 0.6) is 0 Å². The topological polar surface area (TPSA) is 72.2 Å². The molecule has 4 aromatic rings. The molecule has 0 radical (unpaired) electrons. The van der Waals surface area contributed by atoms with Crippen molar-refractivity contribution in [3.63, 3.8) is 0 Å². The molecule has 2 aromatic heterocycles. The number of benzene rings is 2. The maximum atomic E-state index is 12.7. The Bertz CT molecular complexity index is 1200. The van der Waals surface area contributed by atoms with E-state index in [1.807, 2.05) is 37.3 Å². The second-order valence-corrected chi connectivity index (χ2v) is 7.68. The zero-order valence-corrected chi connectivity index (χ0v) is 17.4. The molecule has 0 saturated carbocycles. The van der Waals surface area contributed by atoms with Crippen LogP contribution in [0.15, 0.2) is 53.1 Å². The number of carbonyl (C=O) groups excluding carboxylic acids is 1. The van der Waals surface area contributed by atoms with Crippen molar-refractivity contribution in [2.75, 3.05) is 5.32 Å². The van der Waals surface area contributed by atoms with Gasteiger partial charge < -0.3 is 5.32 Å². The van der Waals surface area contributed by atoms with E-state index in [9.17, 15) is 4.79 Å². The smallest absolute Gasteiger partial charge is 0.278 e. The largest absolute Gasteiger partial charge is 0.320 e. The molecule has 0 saturated heterocycles. The van der Waals surface area contributed by atoms with E-state index < -0.39 is 0 Å². The third-order valence-electron chi connectivity index (χ3n) is 4.45. The maximum absolute atomic E-state index is 12.7. The van der Waals surface area contributed by atoms with E-state index in [1.165, 1.54) is 0 Å². The number of aromatic nitrogens is 4. The molecule has 0 fully saturated rings. The molecule has 1 N–H and O–H groups in total. The van der Waals surface area contributed by atoms with E-state index in [0.29, 0.717) is 22.1 Å². The van der Waals surface area contributed by atoms with E-state index in [4.69, 9.17) is 11.6 Å². The van der Waals surface area contributed by atoms with Crippen LogP contribution in [0, 0.1) is 13.8 Å². The fourth-order valence-electron chi connectivity index (χ4n) is 2.86. The lowest BCUT2D eigenvalue weighted by atomic mass is 10.1. The van der Waals surface area contributed by atoms with Crippen LogP contribution in [0.1, 0.15) is 21.7 Å². The summed E-state index contributed by atoms with van der Waals surface area (Å²) in [7, 11) is 0. The Morgan fingerprint density at radius 3 is 2.57 bits per heavy atom. The lowest BCUT2D eigenvalue weighted by Gasteiger charge is -2.09. The van der Waals surface area contributed by atoms with Gasteiger partial charge in [-0.1, -0.05) is 45.7 Å². The van der Waals surface area contributed by atoms with E-state index in [-0.39, 0.29) is 11.6 Å². The first-order valence-corrected chi connectivity index (χ1v) is 9.65. The molecule has 4 rings (SSSR count). The van der Waals surface area contributed by atoms with Gasteiger partial charge in [-0.05, 0) is 49.2 Å². The van der Waals surface area contributed by atoms with Gasteiger partial charge in [0.2, 0.25) is 0 Å². The number of carbonyl (C=O) groups is 1. The molecule has 0 aliphatic carbocycles. The first kappa shape index (κ1) is 18.6. The van der Waals surface area contributed by atoms with Gasteiger partial charge in [-0.2, -0.15) is 5.10 Å². The minimum atomic E-state index is -0.368. The monoisotopic (exact) mass is 455 g/mol. The first-order valence-electron chi connectivity index (χ1n) is 8.48. The van der Waals surface area contributed by atoms with Gasteiger partial charge >= 0.3 is 0 Å². The van der Waals surface area contributed by atoms with Crippen molar-refractivity contribution in [1.29, 1.82) is 0 Å². The van der Waals surface area contributed by atoms with Crippen LogP contribution in [0.4, 0.5) is 5.69 Å². The van der Waals surface area contributed by atoms with Gasteiger partial charge in [-0.3, -0.25) is 4.79 Å². The molecule has 28 heavy (non-hydrogen) atoms. The Labute approximate surface area is 174 Å². The summed E-state index contributed by atoms with van der Waals surface area (Å²) in [5, 5.41) is 16.2. The summed E-state index contributed by atoms with van der Waals surface area (Å²) in [5.41, 5.74) is 4.75. The number of fused-ring (bicyclic) bond motifs is 1. The Morgan fingerprint density at radius 2 is 1.86 bits per heavy atom. The van der Waals surface area contributed by atoms with Crippen molar-refractivity contribution >= 4 is 44.8 Å². The maximum Gasteiger partial charge on any atom is 0.278 e. The molecule has 0 aliphatic heterocycles. The summed E-state index contributed by atoms with van der Waals surface area (Å²) in [6.07, 6.45) is 1.72. The summed E-state index contributed by atoms with van der Waals surface area (Å²) < 4.78 is 2.62. The first-order chi connectivity index (χ1) is 13.4. The average Bonchev–Trinajstić information content (AvgIpc) is 3.10. The molecule has 6 nitrogen and oxygen atoms in total. The average molecular weight is 457 g/mol. The van der Waals surface area contributed by atoms with Gasteiger partial charge in [0.1, 0.15) is 0 Å². The van der Waals surface area contributed by atoms with Gasteiger partial charge in [0.25, 0.3) is 5.91 Å². The summed E-state index contributed by atoms with van der Waals surface area (Å²) in [4.78, 5) is 12.7. The number of nitrogens with one attached hydrogen (secondary N) is 1. The number of rotatable bonds is 3. The van der Waals surface area contributed by atoms with Crippen molar-refractivity contribution in [3.8, 4) is 11.1 Å². The van der Waals surface area contributed by atoms with E-state index in [2.05, 4.69) is 36.5 Å². The molecule has 1 amide bonds. The molecule has 0 unspecified atom stereocenters. The number of halogens is 2. The second kappa shape index (κ2) is 7.33. The predicted octanol–water partition coefficient (Wildman–Crippen LogP) is 5.08. The van der Waals surface area contributed by atoms with Crippen molar-refractivity contribution < 1.29 is 4.79 Å². The third-order valence-corrected chi connectivity index (χ3v) is 5.38. The zero-order chi connectivity index (χ0) is 19.8. The van der Waals surface area contributed by atoms with Crippen LogP contribution in [-0.4, -0.2) is 25.7 Å². The van der Waals surface area contributed by atoms with Crippen LogP contribution in [0.2, 0.25) is 5.02 Å².